The van der Waals surface area contributed by atoms with Gasteiger partial charge in [-0.2, -0.15) is 0 Å². The predicted octanol–water partition coefficient (Wildman–Crippen LogP) is 5.64. The van der Waals surface area contributed by atoms with E-state index in [-0.39, 0.29) is 25.2 Å². The molecule has 2 heterocycles. The number of piperazine rings is 1. The standard InChI is InChI=1S/C30H30F2N4O4/c1-30(27(37)38)20-33(28(39)34-16-8-13-26(34)24-19-21(31)14-15-25(24)32)17-18-35(30)29(40)36(22-9-4-2-5-10-22)23-11-6-3-7-12-23/h2-7,9-12,14-15,19,26H,8,13,16-18,20H2,1H3,(H,37,38)/t26-,30-/m1/s1. The molecule has 2 atom stereocenters. The lowest BCUT2D eigenvalue weighted by atomic mass is 9.96. The van der Waals surface area contributed by atoms with E-state index in [1.165, 1.54) is 26.5 Å². The fourth-order valence-corrected chi connectivity index (χ4v) is 5.57. The topological polar surface area (TPSA) is 84.4 Å². The molecule has 0 spiro atoms. The van der Waals surface area contributed by atoms with Crippen molar-refractivity contribution in [3.8, 4) is 0 Å². The Labute approximate surface area is 231 Å². The molecular weight excluding hydrogens is 518 g/mol. The molecule has 8 nitrogen and oxygen atoms in total. The third-order valence-electron chi connectivity index (χ3n) is 7.69. The second kappa shape index (κ2) is 11.0. The molecule has 4 amide bonds. The van der Waals surface area contributed by atoms with Gasteiger partial charge in [-0.05, 0) is 62.2 Å². The van der Waals surface area contributed by atoms with Gasteiger partial charge in [-0.3, -0.25) is 4.90 Å². The Morgan fingerprint density at radius 1 is 0.900 bits per heavy atom. The van der Waals surface area contributed by atoms with Gasteiger partial charge in [0.15, 0.2) is 5.54 Å². The molecule has 2 aliphatic rings. The van der Waals surface area contributed by atoms with E-state index in [1.807, 2.05) is 12.1 Å². The Kier molecular flexibility index (Phi) is 7.42. The number of benzene rings is 3. The van der Waals surface area contributed by atoms with Gasteiger partial charge in [0.25, 0.3) is 0 Å². The highest BCUT2D eigenvalue weighted by atomic mass is 19.1. The maximum Gasteiger partial charge on any atom is 0.331 e. The molecule has 2 saturated heterocycles. The summed E-state index contributed by atoms with van der Waals surface area (Å²) in [5.41, 5.74) is -0.502. The van der Waals surface area contributed by atoms with E-state index in [1.54, 1.807) is 48.5 Å². The number of carboxylic acids is 1. The number of hydrogen-bond acceptors (Lipinski definition) is 3. The van der Waals surface area contributed by atoms with Gasteiger partial charge in [-0.1, -0.05) is 36.4 Å². The molecule has 0 bridgehead atoms. The van der Waals surface area contributed by atoms with Gasteiger partial charge in [-0.25, -0.2) is 23.2 Å². The van der Waals surface area contributed by atoms with Gasteiger partial charge in [0.05, 0.1) is 24.0 Å². The Balaban J connectivity index is 1.42. The van der Waals surface area contributed by atoms with Gasteiger partial charge in [-0.15, -0.1) is 0 Å². The van der Waals surface area contributed by atoms with E-state index in [9.17, 15) is 28.3 Å². The number of likely N-dealkylation sites (tertiary alicyclic amines) is 1. The molecule has 40 heavy (non-hydrogen) atoms. The Bertz CT molecular complexity index is 1370. The monoisotopic (exact) mass is 548 g/mol. The SMILES string of the molecule is C[C@]1(C(=O)O)CN(C(=O)N2CCC[C@@H]2c2cc(F)ccc2F)CCN1C(=O)N(c1ccccc1)c1ccccc1. The summed E-state index contributed by atoms with van der Waals surface area (Å²) in [6, 6.07) is 19.4. The van der Waals surface area contributed by atoms with Crippen LogP contribution in [-0.2, 0) is 4.79 Å². The number of para-hydroxylation sites is 2. The largest absolute Gasteiger partial charge is 0.479 e. The maximum absolute atomic E-state index is 14.6. The molecule has 0 saturated carbocycles. The molecule has 0 unspecified atom stereocenters. The number of urea groups is 2. The second-order valence-corrected chi connectivity index (χ2v) is 10.2. The van der Waals surface area contributed by atoms with E-state index in [0.717, 1.165) is 18.2 Å². The van der Waals surface area contributed by atoms with Crippen LogP contribution in [0.4, 0.5) is 29.7 Å². The van der Waals surface area contributed by atoms with Crippen molar-refractivity contribution in [2.75, 3.05) is 31.1 Å². The summed E-state index contributed by atoms with van der Waals surface area (Å²) in [6.45, 7) is 1.54. The number of nitrogens with zero attached hydrogens (tertiary/aromatic N) is 4. The van der Waals surface area contributed by atoms with Crippen molar-refractivity contribution in [3.63, 3.8) is 0 Å². The van der Waals surface area contributed by atoms with Crippen LogP contribution in [-0.4, -0.2) is 69.6 Å². The van der Waals surface area contributed by atoms with Crippen LogP contribution in [0.1, 0.15) is 31.4 Å². The van der Waals surface area contributed by atoms with E-state index in [2.05, 4.69) is 0 Å². The summed E-state index contributed by atoms with van der Waals surface area (Å²) < 4.78 is 28.5. The summed E-state index contributed by atoms with van der Waals surface area (Å²) in [5.74, 6) is -2.45. The zero-order valence-electron chi connectivity index (χ0n) is 22.0. The van der Waals surface area contributed by atoms with Gasteiger partial charge in [0, 0.05) is 25.2 Å². The molecule has 10 heteroatoms. The van der Waals surface area contributed by atoms with Crippen LogP contribution in [0.15, 0.2) is 78.9 Å². The van der Waals surface area contributed by atoms with Crippen molar-refractivity contribution < 1.29 is 28.3 Å². The average molecular weight is 549 g/mol. The van der Waals surface area contributed by atoms with E-state index in [4.69, 9.17) is 0 Å². The molecule has 208 valence electrons. The molecule has 5 rings (SSSR count). The smallest absolute Gasteiger partial charge is 0.331 e. The van der Waals surface area contributed by atoms with Crippen molar-refractivity contribution in [1.82, 2.24) is 14.7 Å². The highest BCUT2D eigenvalue weighted by Crippen LogP contribution is 2.36. The summed E-state index contributed by atoms with van der Waals surface area (Å²) in [5, 5.41) is 10.3. The van der Waals surface area contributed by atoms with Crippen LogP contribution in [0.2, 0.25) is 0 Å². The number of hydrogen-bond donors (Lipinski definition) is 1. The quantitative estimate of drug-likeness (QED) is 0.457. The molecule has 1 N–H and O–H groups in total. The highest BCUT2D eigenvalue weighted by Gasteiger charge is 2.50. The number of rotatable bonds is 4. The minimum atomic E-state index is -1.74. The summed E-state index contributed by atoms with van der Waals surface area (Å²) >= 11 is 0. The lowest BCUT2D eigenvalue weighted by molar-refractivity contribution is -0.151. The molecule has 0 aromatic heterocycles. The second-order valence-electron chi connectivity index (χ2n) is 10.2. The Morgan fingerprint density at radius 3 is 2.12 bits per heavy atom. The molecule has 3 aromatic rings. The lowest BCUT2D eigenvalue weighted by Crippen LogP contribution is -2.69. The van der Waals surface area contributed by atoms with Crippen molar-refractivity contribution >= 4 is 29.4 Å². The third-order valence-corrected chi connectivity index (χ3v) is 7.69. The fourth-order valence-electron chi connectivity index (χ4n) is 5.57. The lowest BCUT2D eigenvalue weighted by Gasteiger charge is -2.48. The molecule has 0 aliphatic carbocycles. The molecule has 2 aliphatic heterocycles. The first kappa shape index (κ1) is 27.1. The summed E-state index contributed by atoms with van der Waals surface area (Å²) in [6.07, 6.45) is 1.06. The number of carboxylic acid groups (broad SMARTS) is 1. The van der Waals surface area contributed by atoms with E-state index in [0.29, 0.717) is 30.8 Å². The van der Waals surface area contributed by atoms with Crippen LogP contribution < -0.4 is 4.90 Å². The van der Waals surface area contributed by atoms with Crippen molar-refractivity contribution in [2.45, 2.75) is 31.3 Å². The predicted molar refractivity (Wildman–Crippen MR) is 145 cm³/mol. The number of carbonyl (C=O) groups excluding carboxylic acids is 2. The normalized spacial score (nSPS) is 20.9. The minimum Gasteiger partial charge on any atom is -0.479 e. The number of aliphatic carboxylic acids is 1. The van der Waals surface area contributed by atoms with Crippen molar-refractivity contribution in [1.29, 1.82) is 0 Å². The average Bonchev–Trinajstić information content (AvgIpc) is 3.45. The van der Waals surface area contributed by atoms with Gasteiger partial charge in [0.1, 0.15) is 11.6 Å². The van der Waals surface area contributed by atoms with Gasteiger partial charge >= 0.3 is 18.0 Å². The van der Waals surface area contributed by atoms with Crippen molar-refractivity contribution in [2.24, 2.45) is 0 Å². The maximum atomic E-state index is 14.6. The first-order valence-corrected chi connectivity index (χ1v) is 13.2. The molecule has 0 radical (unpaired) electrons. The number of halogens is 2. The minimum absolute atomic E-state index is 0.0314. The van der Waals surface area contributed by atoms with Gasteiger partial charge < -0.3 is 19.8 Å². The fraction of sp³-hybridized carbons (Fsp3) is 0.300. The first-order chi connectivity index (χ1) is 19.2. The molecule has 3 aromatic carbocycles. The van der Waals surface area contributed by atoms with Gasteiger partial charge in [0.2, 0.25) is 0 Å². The van der Waals surface area contributed by atoms with Crippen LogP contribution in [0.3, 0.4) is 0 Å². The van der Waals surface area contributed by atoms with E-state index < -0.39 is 41.2 Å². The van der Waals surface area contributed by atoms with Crippen LogP contribution in [0.25, 0.3) is 0 Å². The molecular formula is C30H30F2N4O4. The summed E-state index contributed by atoms with van der Waals surface area (Å²) in [7, 11) is 0. The van der Waals surface area contributed by atoms with Crippen LogP contribution in [0, 0.1) is 11.6 Å². The van der Waals surface area contributed by atoms with Crippen LogP contribution >= 0.6 is 0 Å². The van der Waals surface area contributed by atoms with Crippen molar-refractivity contribution in [3.05, 3.63) is 96.1 Å². The third kappa shape index (κ3) is 4.97. The number of anilines is 2. The van der Waals surface area contributed by atoms with E-state index >= 15 is 0 Å². The summed E-state index contributed by atoms with van der Waals surface area (Å²) in [4.78, 5) is 46.0. The van der Waals surface area contributed by atoms with Crippen LogP contribution in [0.5, 0.6) is 0 Å². The molecule has 2 fully saturated rings. The number of carbonyl (C=O) groups is 3. The highest BCUT2D eigenvalue weighted by molar-refractivity contribution is 6.02. The zero-order valence-corrected chi connectivity index (χ0v) is 22.0. The first-order valence-electron chi connectivity index (χ1n) is 13.2. The zero-order chi connectivity index (χ0) is 28.4. The Morgan fingerprint density at radius 2 is 1.52 bits per heavy atom. The number of amides is 4. The Hall–Kier alpha value is -4.47.